The summed E-state index contributed by atoms with van der Waals surface area (Å²) in [6, 6.07) is -0.414. The number of esters is 1. The first-order valence-corrected chi connectivity index (χ1v) is 7.41. The third-order valence-corrected chi connectivity index (χ3v) is 6.15. The van der Waals surface area contributed by atoms with E-state index in [4.69, 9.17) is 4.74 Å². The molecule has 5 heteroatoms. The van der Waals surface area contributed by atoms with Crippen molar-refractivity contribution in [2.45, 2.75) is 59.1 Å². The van der Waals surface area contributed by atoms with Gasteiger partial charge in [0.05, 0.1) is 0 Å². The normalized spacial score (nSPS) is 36.0. The zero-order valence-electron chi connectivity index (χ0n) is 12.7. The minimum absolute atomic E-state index is 0.0368. The Bertz CT molecular complexity index is 511. The molecule has 4 atom stereocenters. The van der Waals surface area contributed by atoms with E-state index in [-0.39, 0.29) is 22.9 Å². The van der Waals surface area contributed by atoms with E-state index in [1.54, 1.807) is 17.9 Å². The van der Waals surface area contributed by atoms with Crippen molar-refractivity contribution in [3.8, 4) is 0 Å². The van der Waals surface area contributed by atoms with Crippen LogP contribution in [0.5, 0.6) is 0 Å². The molecule has 0 spiro atoms. The number of hydrogen-bond acceptors (Lipinski definition) is 4. The van der Waals surface area contributed by atoms with Gasteiger partial charge in [-0.3, -0.25) is 0 Å². The smallest absolute Gasteiger partial charge is 0.331 e. The van der Waals surface area contributed by atoms with Crippen LogP contribution in [-0.4, -0.2) is 26.8 Å². The van der Waals surface area contributed by atoms with Gasteiger partial charge in [-0.05, 0) is 37.5 Å². The molecule has 0 radical (unpaired) electrons. The highest BCUT2D eigenvalue weighted by molar-refractivity contribution is 5.73. The van der Waals surface area contributed by atoms with Crippen LogP contribution in [0.4, 0.5) is 0 Å². The van der Waals surface area contributed by atoms with Crippen LogP contribution < -0.4 is 0 Å². The Morgan fingerprint density at radius 3 is 2.70 bits per heavy atom. The Morgan fingerprint density at radius 1 is 1.45 bits per heavy atom. The fourth-order valence-electron chi connectivity index (χ4n) is 4.07. The lowest BCUT2D eigenvalue weighted by Gasteiger charge is -2.38. The quantitative estimate of drug-likeness (QED) is 0.797. The maximum absolute atomic E-state index is 12.3. The molecule has 1 aromatic rings. The van der Waals surface area contributed by atoms with E-state index in [2.05, 4.69) is 30.9 Å². The fraction of sp³-hybridized carbons (Fsp3) is 0.800. The van der Waals surface area contributed by atoms with Crippen LogP contribution in [0, 0.1) is 16.7 Å². The Hall–Kier alpha value is -1.39. The minimum Gasteiger partial charge on any atom is -0.460 e. The van der Waals surface area contributed by atoms with Crippen molar-refractivity contribution >= 4 is 5.97 Å². The highest BCUT2D eigenvalue weighted by atomic mass is 16.5. The summed E-state index contributed by atoms with van der Waals surface area (Å²) in [7, 11) is 0. The lowest BCUT2D eigenvalue weighted by molar-refractivity contribution is -0.160. The van der Waals surface area contributed by atoms with Crippen molar-refractivity contribution in [1.82, 2.24) is 14.8 Å². The molecule has 0 saturated heterocycles. The van der Waals surface area contributed by atoms with Gasteiger partial charge < -0.3 is 4.74 Å². The van der Waals surface area contributed by atoms with Gasteiger partial charge in [-0.1, -0.05) is 20.8 Å². The molecule has 0 aromatic carbocycles. The predicted octanol–water partition coefficient (Wildman–Crippen LogP) is 2.60. The molecule has 3 rings (SSSR count). The summed E-state index contributed by atoms with van der Waals surface area (Å²) in [4.78, 5) is 16.2. The topological polar surface area (TPSA) is 57.0 Å². The lowest BCUT2D eigenvalue weighted by Crippen LogP contribution is -2.39. The van der Waals surface area contributed by atoms with Crippen molar-refractivity contribution in [3.63, 3.8) is 0 Å². The number of aromatic nitrogens is 3. The van der Waals surface area contributed by atoms with E-state index in [0.29, 0.717) is 5.92 Å². The molecule has 2 aliphatic carbocycles. The van der Waals surface area contributed by atoms with E-state index in [1.165, 1.54) is 12.7 Å². The number of ether oxygens (including phenoxy) is 1. The van der Waals surface area contributed by atoms with Gasteiger partial charge in [0.15, 0.2) is 0 Å². The summed E-state index contributed by atoms with van der Waals surface area (Å²) in [5.74, 6) is 0.469. The molecule has 1 aromatic heterocycles. The van der Waals surface area contributed by atoms with Gasteiger partial charge in [0, 0.05) is 5.41 Å². The fourth-order valence-corrected chi connectivity index (χ4v) is 4.07. The molecular formula is C15H23N3O2. The number of rotatable bonds is 3. The Kier molecular flexibility index (Phi) is 2.92. The Morgan fingerprint density at radius 2 is 2.20 bits per heavy atom. The molecule has 0 N–H and O–H groups in total. The van der Waals surface area contributed by atoms with Crippen molar-refractivity contribution in [3.05, 3.63) is 12.7 Å². The Balaban J connectivity index is 1.72. The number of carbonyl (C=O) groups is 1. The molecule has 5 nitrogen and oxygen atoms in total. The third kappa shape index (κ3) is 1.71. The summed E-state index contributed by atoms with van der Waals surface area (Å²) in [5.41, 5.74) is 0.365. The summed E-state index contributed by atoms with van der Waals surface area (Å²) in [6.07, 6.45) is 6.44. The van der Waals surface area contributed by atoms with Gasteiger partial charge in [0.25, 0.3) is 0 Å². The zero-order valence-corrected chi connectivity index (χ0v) is 12.7. The van der Waals surface area contributed by atoms with Crippen molar-refractivity contribution in [1.29, 1.82) is 0 Å². The predicted molar refractivity (Wildman–Crippen MR) is 73.8 cm³/mol. The zero-order chi connectivity index (χ0) is 14.5. The maximum atomic E-state index is 12.3. The van der Waals surface area contributed by atoms with E-state index >= 15 is 0 Å². The van der Waals surface area contributed by atoms with Gasteiger partial charge >= 0.3 is 5.97 Å². The van der Waals surface area contributed by atoms with Crippen LogP contribution in [0.1, 0.15) is 53.0 Å². The SMILES string of the molecule is CC(C(=O)OC1CC2CCC1(C)C2(C)C)n1cncn1. The molecule has 2 aliphatic rings. The van der Waals surface area contributed by atoms with Gasteiger partial charge in [0.1, 0.15) is 24.8 Å². The van der Waals surface area contributed by atoms with Gasteiger partial charge in [-0.25, -0.2) is 14.5 Å². The highest BCUT2D eigenvalue weighted by Crippen LogP contribution is 2.66. The molecule has 20 heavy (non-hydrogen) atoms. The van der Waals surface area contributed by atoms with Crippen LogP contribution in [0.2, 0.25) is 0 Å². The molecule has 1 heterocycles. The maximum Gasteiger partial charge on any atom is 0.331 e. The number of carbonyl (C=O) groups excluding carboxylic acids is 1. The largest absolute Gasteiger partial charge is 0.460 e. The summed E-state index contributed by atoms with van der Waals surface area (Å²) >= 11 is 0. The second-order valence-electron chi connectivity index (χ2n) is 7.09. The molecule has 2 saturated carbocycles. The molecule has 4 unspecified atom stereocenters. The van der Waals surface area contributed by atoms with Gasteiger partial charge in [-0.2, -0.15) is 5.10 Å². The summed E-state index contributed by atoms with van der Waals surface area (Å²) < 4.78 is 7.39. The van der Waals surface area contributed by atoms with E-state index < -0.39 is 6.04 Å². The summed E-state index contributed by atoms with van der Waals surface area (Å²) in [5, 5.41) is 4.01. The summed E-state index contributed by atoms with van der Waals surface area (Å²) in [6.45, 7) is 8.72. The first-order chi connectivity index (χ1) is 9.36. The van der Waals surface area contributed by atoms with Crippen LogP contribution in [-0.2, 0) is 9.53 Å². The van der Waals surface area contributed by atoms with E-state index in [1.807, 2.05) is 0 Å². The van der Waals surface area contributed by atoms with Crippen molar-refractivity contribution < 1.29 is 9.53 Å². The third-order valence-electron chi connectivity index (χ3n) is 6.15. The van der Waals surface area contributed by atoms with E-state index in [9.17, 15) is 4.79 Å². The molecule has 110 valence electrons. The second-order valence-corrected chi connectivity index (χ2v) is 7.09. The lowest BCUT2D eigenvalue weighted by atomic mass is 9.70. The second kappa shape index (κ2) is 4.30. The van der Waals surface area contributed by atoms with Crippen LogP contribution in [0.25, 0.3) is 0 Å². The van der Waals surface area contributed by atoms with Crippen LogP contribution in [0.3, 0.4) is 0 Å². The number of hydrogen-bond donors (Lipinski definition) is 0. The number of nitrogens with zero attached hydrogens (tertiary/aromatic N) is 3. The molecule has 2 fully saturated rings. The average Bonchev–Trinajstić information content (AvgIpc) is 3.04. The Labute approximate surface area is 119 Å². The first kappa shape index (κ1) is 13.6. The standard InChI is InChI=1S/C15H23N3O2/c1-10(18-9-16-8-17-18)13(19)20-12-7-11-5-6-15(12,4)14(11,2)3/h8-12H,5-7H2,1-4H3. The van der Waals surface area contributed by atoms with Gasteiger partial charge in [0.2, 0.25) is 0 Å². The number of fused-ring (bicyclic) bond motifs is 2. The van der Waals surface area contributed by atoms with Crippen LogP contribution in [0.15, 0.2) is 12.7 Å². The average molecular weight is 277 g/mol. The van der Waals surface area contributed by atoms with Crippen LogP contribution >= 0.6 is 0 Å². The molecule has 0 aliphatic heterocycles. The van der Waals surface area contributed by atoms with Gasteiger partial charge in [-0.15, -0.1) is 0 Å². The minimum atomic E-state index is -0.414. The van der Waals surface area contributed by atoms with E-state index in [0.717, 1.165) is 12.8 Å². The highest BCUT2D eigenvalue weighted by Gasteiger charge is 2.62. The van der Waals surface area contributed by atoms with Crippen molar-refractivity contribution in [2.75, 3.05) is 0 Å². The van der Waals surface area contributed by atoms with Crippen molar-refractivity contribution in [2.24, 2.45) is 16.7 Å². The molecular weight excluding hydrogens is 254 g/mol. The molecule has 2 bridgehead atoms. The first-order valence-electron chi connectivity index (χ1n) is 7.41. The molecule has 0 amide bonds. The monoisotopic (exact) mass is 277 g/mol.